The van der Waals surface area contributed by atoms with Gasteiger partial charge in [0.15, 0.2) is 0 Å². The fraction of sp³-hybridized carbons (Fsp3) is 0.125. The highest BCUT2D eigenvalue weighted by atomic mass is 16.2. The molecule has 1 aromatic rings. The van der Waals surface area contributed by atoms with E-state index in [0.29, 0.717) is 11.4 Å². The standard InChI is InChI=1S/C8H11N3O/c1-6(12)11(10)8-5-3-2-4-7(8)9/h2-5H,9-10H2,1H3. The van der Waals surface area contributed by atoms with Crippen LogP contribution in [0.3, 0.4) is 0 Å². The van der Waals surface area contributed by atoms with Crippen LogP contribution in [0.5, 0.6) is 0 Å². The monoisotopic (exact) mass is 165 g/mol. The van der Waals surface area contributed by atoms with Crippen molar-refractivity contribution in [2.45, 2.75) is 6.92 Å². The van der Waals surface area contributed by atoms with E-state index in [4.69, 9.17) is 11.6 Å². The predicted molar refractivity (Wildman–Crippen MR) is 48.2 cm³/mol. The van der Waals surface area contributed by atoms with Crippen molar-refractivity contribution in [1.82, 2.24) is 0 Å². The normalized spacial score (nSPS) is 9.50. The molecule has 0 spiro atoms. The summed E-state index contributed by atoms with van der Waals surface area (Å²) in [7, 11) is 0. The van der Waals surface area contributed by atoms with Crippen molar-refractivity contribution in [3.63, 3.8) is 0 Å². The Kier molecular flexibility index (Phi) is 2.30. The minimum Gasteiger partial charge on any atom is -0.397 e. The van der Waals surface area contributed by atoms with Gasteiger partial charge in [-0.15, -0.1) is 0 Å². The number of anilines is 2. The topological polar surface area (TPSA) is 72.3 Å². The van der Waals surface area contributed by atoms with E-state index in [1.165, 1.54) is 6.92 Å². The van der Waals surface area contributed by atoms with Crippen LogP contribution in [-0.2, 0) is 4.79 Å². The SMILES string of the molecule is CC(=O)N(N)c1ccccc1N. The third-order valence-electron chi connectivity index (χ3n) is 1.54. The Morgan fingerprint density at radius 2 is 2.00 bits per heavy atom. The van der Waals surface area contributed by atoms with Gasteiger partial charge in [-0.3, -0.25) is 4.79 Å². The molecule has 0 fully saturated rings. The molecule has 0 radical (unpaired) electrons. The van der Waals surface area contributed by atoms with Crippen LogP contribution < -0.4 is 16.6 Å². The Morgan fingerprint density at radius 3 is 2.50 bits per heavy atom. The Morgan fingerprint density at radius 1 is 1.42 bits per heavy atom. The summed E-state index contributed by atoms with van der Waals surface area (Å²) in [6.07, 6.45) is 0. The maximum Gasteiger partial charge on any atom is 0.238 e. The smallest absolute Gasteiger partial charge is 0.238 e. The van der Waals surface area contributed by atoms with E-state index in [2.05, 4.69) is 0 Å². The molecule has 1 amide bonds. The van der Waals surface area contributed by atoms with Gasteiger partial charge in [0.2, 0.25) is 5.91 Å². The van der Waals surface area contributed by atoms with Gasteiger partial charge in [0.25, 0.3) is 0 Å². The zero-order chi connectivity index (χ0) is 9.14. The molecular weight excluding hydrogens is 154 g/mol. The van der Waals surface area contributed by atoms with Crippen LogP contribution in [0.1, 0.15) is 6.92 Å². The first-order valence-electron chi connectivity index (χ1n) is 3.53. The molecule has 0 heterocycles. The highest BCUT2D eigenvalue weighted by Gasteiger charge is 2.07. The molecule has 0 aliphatic heterocycles. The number of carbonyl (C=O) groups is 1. The molecule has 0 aromatic heterocycles. The van der Waals surface area contributed by atoms with Crippen LogP contribution in [0.25, 0.3) is 0 Å². The first kappa shape index (κ1) is 8.55. The molecule has 1 rings (SSSR count). The van der Waals surface area contributed by atoms with E-state index in [1.54, 1.807) is 24.3 Å². The third-order valence-corrected chi connectivity index (χ3v) is 1.54. The van der Waals surface area contributed by atoms with Crippen LogP contribution in [0.2, 0.25) is 0 Å². The van der Waals surface area contributed by atoms with Crippen molar-refractivity contribution >= 4 is 17.3 Å². The number of para-hydroxylation sites is 2. The molecule has 0 bridgehead atoms. The fourth-order valence-corrected chi connectivity index (χ4v) is 0.877. The molecule has 0 aliphatic rings. The molecule has 0 saturated heterocycles. The summed E-state index contributed by atoms with van der Waals surface area (Å²) in [5.74, 6) is 5.20. The minimum absolute atomic E-state index is 0.243. The first-order valence-corrected chi connectivity index (χ1v) is 3.53. The average molecular weight is 165 g/mol. The number of hydrazine groups is 1. The lowest BCUT2D eigenvalue weighted by Crippen LogP contribution is -2.35. The number of nitrogens with zero attached hydrogens (tertiary/aromatic N) is 1. The first-order chi connectivity index (χ1) is 5.63. The highest BCUT2D eigenvalue weighted by Crippen LogP contribution is 2.19. The summed E-state index contributed by atoms with van der Waals surface area (Å²) >= 11 is 0. The lowest BCUT2D eigenvalue weighted by atomic mass is 10.2. The van der Waals surface area contributed by atoms with Crippen molar-refractivity contribution in [1.29, 1.82) is 0 Å². The van der Waals surface area contributed by atoms with Crippen LogP contribution in [0.15, 0.2) is 24.3 Å². The molecule has 4 N–H and O–H groups in total. The molecule has 64 valence electrons. The van der Waals surface area contributed by atoms with Crippen LogP contribution >= 0.6 is 0 Å². The van der Waals surface area contributed by atoms with Gasteiger partial charge in [-0.1, -0.05) is 12.1 Å². The Bertz CT molecular complexity index is 298. The molecular formula is C8H11N3O. The summed E-state index contributed by atoms with van der Waals surface area (Å²) in [6.45, 7) is 1.38. The van der Waals surface area contributed by atoms with Gasteiger partial charge in [-0.05, 0) is 12.1 Å². The van der Waals surface area contributed by atoms with E-state index in [0.717, 1.165) is 5.01 Å². The van der Waals surface area contributed by atoms with Gasteiger partial charge in [-0.25, -0.2) is 10.9 Å². The zero-order valence-corrected chi connectivity index (χ0v) is 6.82. The lowest BCUT2D eigenvalue weighted by molar-refractivity contribution is -0.116. The van der Waals surface area contributed by atoms with Gasteiger partial charge < -0.3 is 5.73 Å². The number of hydrogen-bond donors (Lipinski definition) is 2. The second kappa shape index (κ2) is 3.23. The second-order valence-corrected chi connectivity index (χ2v) is 2.45. The van der Waals surface area contributed by atoms with E-state index in [-0.39, 0.29) is 5.91 Å². The number of amides is 1. The van der Waals surface area contributed by atoms with E-state index >= 15 is 0 Å². The molecule has 12 heavy (non-hydrogen) atoms. The molecule has 0 atom stereocenters. The fourth-order valence-electron chi connectivity index (χ4n) is 0.877. The summed E-state index contributed by atoms with van der Waals surface area (Å²) in [5.41, 5.74) is 6.61. The predicted octanol–water partition coefficient (Wildman–Crippen LogP) is 0.495. The number of nitrogen functional groups attached to an aromatic ring is 1. The lowest BCUT2D eigenvalue weighted by Gasteiger charge is -2.15. The van der Waals surface area contributed by atoms with Crippen molar-refractivity contribution in [2.24, 2.45) is 5.84 Å². The Balaban J connectivity index is 3.02. The van der Waals surface area contributed by atoms with E-state index in [9.17, 15) is 4.79 Å². The van der Waals surface area contributed by atoms with Crippen LogP contribution in [0.4, 0.5) is 11.4 Å². The summed E-state index contributed by atoms with van der Waals surface area (Å²) in [5, 5.41) is 1.02. The maximum absolute atomic E-state index is 10.8. The van der Waals surface area contributed by atoms with Gasteiger partial charge in [0.05, 0.1) is 11.4 Å². The third kappa shape index (κ3) is 1.54. The van der Waals surface area contributed by atoms with Crippen molar-refractivity contribution < 1.29 is 4.79 Å². The number of rotatable bonds is 1. The zero-order valence-electron chi connectivity index (χ0n) is 6.82. The van der Waals surface area contributed by atoms with Gasteiger partial charge in [0.1, 0.15) is 0 Å². The molecule has 4 nitrogen and oxygen atoms in total. The largest absolute Gasteiger partial charge is 0.397 e. The van der Waals surface area contributed by atoms with Crippen LogP contribution in [0, 0.1) is 0 Å². The molecule has 4 heteroatoms. The molecule has 0 saturated carbocycles. The number of benzene rings is 1. The van der Waals surface area contributed by atoms with Crippen molar-refractivity contribution in [3.05, 3.63) is 24.3 Å². The minimum atomic E-state index is -0.243. The van der Waals surface area contributed by atoms with Gasteiger partial charge >= 0.3 is 0 Å². The summed E-state index contributed by atoms with van der Waals surface area (Å²) < 4.78 is 0. The molecule has 0 aliphatic carbocycles. The van der Waals surface area contributed by atoms with Gasteiger partial charge in [-0.2, -0.15) is 0 Å². The second-order valence-electron chi connectivity index (χ2n) is 2.45. The highest BCUT2D eigenvalue weighted by molar-refractivity contribution is 5.93. The average Bonchev–Trinajstić information content (AvgIpc) is 2.04. The molecule has 0 unspecified atom stereocenters. The summed E-state index contributed by atoms with van der Waals surface area (Å²) in [4.78, 5) is 10.8. The van der Waals surface area contributed by atoms with E-state index in [1.807, 2.05) is 0 Å². The molecule has 1 aromatic carbocycles. The number of nitrogens with two attached hydrogens (primary N) is 2. The number of hydrogen-bond acceptors (Lipinski definition) is 3. The van der Waals surface area contributed by atoms with Crippen molar-refractivity contribution in [3.8, 4) is 0 Å². The maximum atomic E-state index is 10.8. The Hall–Kier alpha value is -1.55. The Labute approximate surface area is 70.7 Å². The number of carbonyl (C=O) groups excluding carboxylic acids is 1. The van der Waals surface area contributed by atoms with E-state index < -0.39 is 0 Å². The van der Waals surface area contributed by atoms with Crippen molar-refractivity contribution in [2.75, 3.05) is 10.7 Å². The quantitative estimate of drug-likeness (QED) is 0.275. The van der Waals surface area contributed by atoms with Crippen LogP contribution in [-0.4, -0.2) is 5.91 Å². The van der Waals surface area contributed by atoms with Gasteiger partial charge in [0, 0.05) is 6.92 Å². The summed E-state index contributed by atoms with van der Waals surface area (Å²) in [6, 6.07) is 6.94.